The lowest BCUT2D eigenvalue weighted by atomic mass is 9.65. The Labute approximate surface area is 130 Å². The highest BCUT2D eigenvalue weighted by atomic mass is 16.2. The number of urea groups is 1. The molecule has 0 aromatic heterocycles. The van der Waals surface area contributed by atoms with Crippen molar-refractivity contribution in [3.05, 3.63) is 0 Å². The van der Waals surface area contributed by atoms with Crippen molar-refractivity contribution in [3.63, 3.8) is 0 Å². The summed E-state index contributed by atoms with van der Waals surface area (Å²) in [5.41, 5.74) is 6.24. The minimum atomic E-state index is -0.377. The first-order valence-electron chi connectivity index (χ1n) is 8.17. The SMILES string of the molecule is NC1C2CCCC1CC(C(=O)NCCN1C(=O)CNC1=O)C2. The van der Waals surface area contributed by atoms with E-state index < -0.39 is 0 Å². The number of amides is 4. The second-order valence-corrected chi connectivity index (χ2v) is 6.69. The molecule has 3 fully saturated rings. The van der Waals surface area contributed by atoms with Crippen LogP contribution in [0.25, 0.3) is 0 Å². The van der Waals surface area contributed by atoms with Crippen molar-refractivity contribution in [1.29, 1.82) is 0 Å². The molecule has 7 heteroatoms. The van der Waals surface area contributed by atoms with E-state index in [9.17, 15) is 14.4 Å². The van der Waals surface area contributed by atoms with Gasteiger partial charge in [0.05, 0.1) is 6.54 Å². The number of nitrogens with zero attached hydrogens (tertiary/aromatic N) is 1. The van der Waals surface area contributed by atoms with Gasteiger partial charge in [0.2, 0.25) is 11.8 Å². The highest BCUT2D eigenvalue weighted by Crippen LogP contribution is 2.41. The van der Waals surface area contributed by atoms with E-state index in [1.54, 1.807) is 0 Å². The van der Waals surface area contributed by atoms with Gasteiger partial charge in [0.15, 0.2) is 0 Å². The van der Waals surface area contributed by atoms with Crippen LogP contribution in [0.1, 0.15) is 32.1 Å². The topological polar surface area (TPSA) is 105 Å². The van der Waals surface area contributed by atoms with Gasteiger partial charge in [-0.25, -0.2) is 4.79 Å². The number of hydrogen-bond donors (Lipinski definition) is 3. The van der Waals surface area contributed by atoms with E-state index in [4.69, 9.17) is 5.73 Å². The fourth-order valence-electron chi connectivity index (χ4n) is 4.12. The van der Waals surface area contributed by atoms with Crippen LogP contribution in [0.5, 0.6) is 0 Å². The molecule has 2 atom stereocenters. The van der Waals surface area contributed by atoms with Crippen LogP contribution in [0.15, 0.2) is 0 Å². The largest absolute Gasteiger partial charge is 0.354 e. The van der Waals surface area contributed by atoms with Crippen molar-refractivity contribution in [2.24, 2.45) is 23.5 Å². The Kier molecular flexibility index (Phi) is 4.33. The first-order valence-corrected chi connectivity index (χ1v) is 8.17. The van der Waals surface area contributed by atoms with Gasteiger partial charge in [-0.2, -0.15) is 0 Å². The minimum Gasteiger partial charge on any atom is -0.354 e. The second kappa shape index (κ2) is 6.24. The number of carbonyl (C=O) groups is 3. The zero-order valence-corrected chi connectivity index (χ0v) is 12.7. The Morgan fingerprint density at radius 3 is 2.55 bits per heavy atom. The maximum absolute atomic E-state index is 12.3. The third kappa shape index (κ3) is 2.95. The molecular weight excluding hydrogens is 284 g/mol. The number of carbonyl (C=O) groups excluding carboxylic acids is 3. The van der Waals surface area contributed by atoms with Gasteiger partial charge in [-0.3, -0.25) is 14.5 Å². The molecule has 0 aromatic carbocycles. The normalized spacial score (nSPS) is 34.5. The standard InChI is InChI=1S/C15H24N4O3/c16-13-9-2-1-3-10(13)7-11(6-9)14(21)17-4-5-19-12(20)8-18-15(19)22/h9-11,13H,1-8,16H2,(H,17,21)(H,18,22). The van der Waals surface area contributed by atoms with Crippen molar-refractivity contribution < 1.29 is 14.4 Å². The summed E-state index contributed by atoms with van der Waals surface area (Å²) in [7, 11) is 0. The summed E-state index contributed by atoms with van der Waals surface area (Å²) in [6.45, 7) is 0.599. The molecule has 1 saturated heterocycles. The lowest BCUT2D eigenvalue weighted by molar-refractivity contribution is -0.129. The maximum Gasteiger partial charge on any atom is 0.324 e. The average Bonchev–Trinajstić information content (AvgIpc) is 2.78. The molecule has 4 amide bonds. The van der Waals surface area contributed by atoms with Crippen molar-refractivity contribution in [2.45, 2.75) is 38.1 Å². The van der Waals surface area contributed by atoms with E-state index in [2.05, 4.69) is 10.6 Å². The molecule has 1 aliphatic heterocycles. The van der Waals surface area contributed by atoms with Gasteiger partial charge in [0.25, 0.3) is 0 Å². The molecule has 3 aliphatic rings. The summed E-state index contributed by atoms with van der Waals surface area (Å²) in [5.74, 6) is 0.759. The summed E-state index contributed by atoms with van der Waals surface area (Å²) in [6, 6.07) is -0.124. The van der Waals surface area contributed by atoms with Crippen molar-refractivity contribution >= 4 is 17.8 Å². The molecule has 122 valence electrons. The van der Waals surface area contributed by atoms with Crippen molar-refractivity contribution in [1.82, 2.24) is 15.5 Å². The predicted molar refractivity (Wildman–Crippen MR) is 79.7 cm³/mol. The summed E-state index contributed by atoms with van der Waals surface area (Å²) in [4.78, 5) is 36.3. The van der Waals surface area contributed by atoms with Crippen molar-refractivity contribution in [2.75, 3.05) is 19.6 Å². The molecule has 2 bridgehead atoms. The molecule has 3 rings (SSSR count). The molecule has 2 aliphatic carbocycles. The lowest BCUT2D eigenvalue weighted by Crippen LogP contribution is -2.49. The molecule has 0 spiro atoms. The van der Waals surface area contributed by atoms with Crippen LogP contribution in [0.4, 0.5) is 4.79 Å². The van der Waals surface area contributed by atoms with Crippen LogP contribution in [0, 0.1) is 17.8 Å². The summed E-state index contributed by atoms with van der Waals surface area (Å²) in [5, 5.41) is 5.33. The number of nitrogens with two attached hydrogens (primary N) is 1. The minimum absolute atomic E-state index is 0.0261. The molecule has 0 aromatic rings. The highest BCUT2D eigenvalue weighted by molar-refractivity contribution is 6.01. The van der Waals surface area contributed by atoms with Crippen LogP contribution in [-0.2, 0) is 9.59 Å². The predicted octanol–water partition coefficient (Wildman–Crippen LogP) is -0.192. The van der Waals surface area contributed by atoms with Gasteiger partial charge in [-0.05, 0) is 37.5 Å². The van der Waals surface area contributed by atoms with Crippen LogP contribution in [-0.4, -0.2) is 48.4 Å². The Hall–Kier alpha value is -1.63. The summed E-state index contributed by atoms with van der Waals surface area (Å²) >= 11 is 0. The van der Waals surface area contributed by atoms with Gasteiger partial charge in [-0.15, -0.1) is 0 Å². The first kappa shape index (κ1) is 15.3. The number of imide groups is 1. The smallest absolute Gasteiger partial charge is 0.324 e. The molecule has 2 unspecified atom stereocenters. The molecule has 7 nitrogen and oxygen atoms in total. The Morgan fingerprint density at radius 2 is 1.95 bits per heavy atom. The van der Waals surface area contributed by atoms with E-state index in [0.717, 1.165) is 30.6 Å². The fraction of sp³-hybridized carbons (Fsp3) is 0.800. The van der Waals surface area contributed by atoms with E-state index >= 15 is 0 Å². The number of nitrogens with one attached hydrogen (secondary N) is 2. The highest BCUT2D eigenvalue weighted by Gasteiger charge is 2.40. The third-order valence-electron chi connectivity index (χ3n) is 5.36. The van der Waals surface area contributed by atoms with Gasteiger partial charge < -0.3 is 16.4 Å². The third-order valence-corrected chi connectivity index (χ3v) is 5.36. The van der Waals surface area contributed by atoms with Crippen LogP contribution < -0.4 is 16.4 Å². The lowest BCUT2D eigenvalue weighted by Gasteiger charge is -2.43. The fourth-order valence-corrected chi connectivity index (χ4v) is 4.12. The van der Waals surface area contributed by atoms with Gasteiger partial charge >= 0.3 is 6.03 Å². The van der Waals surface area contributed by atoms with E-state index in [0.29, 0.717) is 18.4 Å². The number of rotatable bonds is 4. The molecule has 2 saturated carbocycles. The van der Waals surface area contributed by atoms with Crippen molar-refractivity contribution in [3.8, 4) is 0 Å². The van der Waals surface area contributed by atoms with Gasteiger partial charge in [0, 0.05) is 25.0 Å². The molecule has 22 heavy (non-hydrogen) atoms. The molecule has 0 radical (unpaired) electrons. The zero-order chi connectivity index (χ0) is 15.7. The van der Waals surface area contributed by atoms with Gasteiger partial charge in [-0.1, -0.05) is 6.42 Å². The van der Waals surface area contributed by atoms with E-state index in [-0.39, 0.29) is 42.9 Å². The molecule has 4 N–H and O–H groups in total. The average molecular weight is 308 g/mol. The monoisotopic (exact) mass is 308 g/mol. The van der Waals surface area contributed by atoms with Gasteiger partial charge in [0.1, 0.15) is 0 Å². The van der Waals surface area contributed by atoms with Crippen LogP contribution in [0.3, 0.4) is 0 Å². The number of fused-ring (bicyclic) bond motifs is 2. The number of hydrogen-bond acceptors (Lipinski definition) is 4. The van der Waals surface area contributed by atoms with E-state index in [1.807, 2.05) is 0 Å². The Bertz CT molecular complexity index is 451. The quantitative estimate of drug-likeness (QED) is 0.626. The first-order chi connectivity index (χ1) is 10.6. The summed E-state index contributed by atoms with van der Waals surface area (Å²) < 4.78 is 0. The van der Waals surface area contributed by atoms with E-state index in [1.165, 1.54) is 6.42 Å². The maximum atomic E-state index is 12.3. The van der Waals surface area contributed by atoms with Crippen LogP contribution >= 0.6 is 0 Å². The Balaban J connectivity index is 1.46. The molecular formula is C15H24N4O3. The second-order valence-electron chi connectivity index (χ2n) is 6.69. The zero-order valence-electron chi connectivity index (χ0n) is 12.7. The summed E-state index contributed by atoms with van der Waals surface area (Å²) in [6.07, 6.45) is 5.22. The molecule has 1 heterocycles. The Morgan fingerprint density at radius 1 is 1.27 bits per heavy atom. The van der Waals surface area contributed by atoms with Crippen LogP contribution in [0.2, 0.25) is 0 Å².